The molecule has 1 aliphatic rings. The van der Waals surface area contributed by atoms with E-state index in [2.05, 4.69) is 20.6 Å². The zero-order valence-corrected chi connectivity index (χ0v) is 13.6. The molecule has 1 aliphatic heterocycles. The summed E-state index contributed by atoms with van der Waals surface area (Å²) in [6.45, 7) is 3.28. The summed E-state index contributed by atoms with van der Waals surface area (Å²) < 4.78 is 0. The zero-order chi connectivity index (χ0) is 15.5. The third-order valence-corrected chi connectivity index (χ3v) is 4.75. The van der Waals surface area contributed by atoms with Crippen LogP contribution in [0.25, 0.3) is 0 Å². The third kappa shape index (κ3) is 3.28. The highest BCUT2D eigenvalue weighted by Crippen LogP contribution is 2.27. The highest BCUT2D eigenvalue weighted by Gasteiger charge is 2.17. The Labute approximate surface area is 137 Å². The number of halogens is 1. The van der Waals surface area contributed by atoms with Crippen LogP contribution >= 0.6 is 22.9 Å². The average molecular weight is 335 g/mol. The number of rotatable bonds is 4. The maximum atomic E-state index is 12.0. The molecular weight excluding hydrogens is 320 g/mol. The molecule has 1 aromatic carbocycles. The number of carbonyl (C=O) groups excluding carboxylic acids is 1. The second-order valence-corrected chi connectivity index (χ2v) is 6.40. The van der Waals surface area contributed by atoms with Gasteiger partial charge in [0.15, 0.2) is 11.0 Å². The van der Waals surface area contributed by atoms with Crippen LogP contribution in [0, 0.1) is 6.92 Å². The van der Waals surface area contributed by atoms with Gasteiger partial charge in [0.05, 0.1) is 12.2 Å². The molecule has 114 valence electrons. The molecule has 3 rings (SSSR count). The molecule has 2 N–H and O–H groups in total. The third-order valence-electron chi connectivity index (χ3n) is 3.31. The number of anilines is 1. The van der Waals surface area contributed by atoms with E-state index in [4.69, 9.17) is 11.6 Å². The Morgan fingerprint density at radius 1 is 1.45 bits per heavy atom. The normalized spacial score (nSPS) is 13.6. The summed E-state index contributed by atoms with van der Waals surface area (Å²) in [5.41, 5.74) is 1.96. The van der Waals surface area contributed by atoms with Crippen LogP contribution in [0.4, 0.5) is 5.13 Å². The minimum Gasteiger partial charge on any atom is -0.364 e. The first-order valence-electron chi connectivity index (χ1n) is 6.93. The van der Waals surface area contributed by atoms with Gasteiger partial charge in [0.1, 0.15) is 0 Å². The molecule has 0 unspecified atom stereocenters. The summed E-state index contributed by atoms with van der Waals surface area (Å²) in [7, 11) is 0. The Kier molecular flexibility index (Phi) is 4.40. The minimum atomic E-state index is -0.240. The van der Waals surface area contributed by atoms with Crippen molar-refractivity contribution in [2.24, 2.45) is 4.99 Å². The van der Waals surface area contributed by atoms with E-state index in [-0.39, 0.29) is 5.91 Å². The van der Waals surface area contributed by atoms with Gasteiger partial charge in [0, 0.05) is 22.9 Å². The van der Waals surface area contributed by atoms with Crippen molar-refractivity contribution in [1.82, 2.24) is 10.3 Å². The molecule has 7 heteroatoms. The van der Waals surface area contributed by atoms with Gasteiger partial charge in [-0.3, -0.25) is 15.1 Å². The number of aromatic nitrogens is 1. The van der Waals surface area contributed by atoms with Gasteiger partial charge in [-0.1, -0.05) is 29.8 Å². The van der Waals surface area contributed by atoms with Crippen molar-refractivity contribution in [1.29, 1.82) is 0 Å². The van der Waals surface area contributed by atoms with Crippen molar-refractivity contribution in [2.75, 3.05) is 18.4 Å². The number of amides is 1. The molecule has 0 spiro atoms. The van der Waals surface area contributed by atoms with E-state index < -0.39 is 0 Å². The van der Waals surface area contributed by atoms with Crippen LogP contribution < -0.4 is 10.6 Å². The fourth-order valence-electron chi connectivity index (χ4n) is 2.17. The number of aryl methyl sites for hydroxylation is 1. The SMILES string of the molecule is Cc1nc(NC(=O)C2=NCCN2)sc1Cc1ccccc1Cl. The summed E-state index contributed by atoms with van der Waals surface area (Å²) in [6, 6.07) is 7.74. The number of thiazole rings is 1. The van der Waals surface area contributed by atoms with E-state index in [1.165, 1.54) is 11.3 Å². The molecule has 2 heterocycles. The average Bonchev–Trinajstić information content (AvgIpc) is 3.12. The van der Waals surface area contributed by atoms with Crippen molar-refractivity contribution in [3.05, 3.63) is 45.4 Å². The molecule has 2 aromatic rings. The van der Waals surface area contributed by atoms with Crippen LogP contribution in [0.2, 0.25) is 5.02 Å². The molecule has 0 atom stereocenters. The second-order valence-electron chi connectivity index (χ2n) is 4.91. The van der Waals surface area contributed by atoms with E-state index in [9.17, 15) is 4.79 Å². The van der Waals surface area contributed by atoms with Crippen molar-refractivity contribution in [3.8, 4) is 0 Å². The summed E-state index contributed by atoms with van der Waals surface area (Å²) in [4.78, 5) is 21.6. The van der Waals surface area contributed by atoms with E-state index >= 15 is 0 Å². The Morgan fingerprint density at radius 2 is 2.27 bits per heavy atom. The van der Waals surface area contributed by atoms with Gasteiger partial charge < -0.3 is 5.32 Å². The summed E-state index contributed by atoms with van der Waals surface area (Å²) >= 11 is 7.66. The van der Waals surface area contributed by atoms with E-state index in [0.717, 1.165) is 21.2 Å². The van der Waals surface area contributed by atoms with Gasteiger partial charge in [-0.15, -0.1) is 11.3 Å². The van der Waals surface area contributed by atoms with Crippen molar-refractivity contribution in [3.63, 3.8) is 0 Å². The first-order chi connectivity index (χ1) is 10.6. The summed E-state index contributed by atoms with van der Waals surface area (Å²) in [5, 5.41) is 7.06. The Morgan fingerprint density at radius 3 is 3.00 bits per heavy atom. The predicted molar refractivity (Wildman–Crippen MR) is 90.0 cm³/mol. The molecule has 22 heavy (non-hydrogen) atoms. The molecule has 0 radical (unpaired) electrons. The lowest BCUT2D eigenvalue weighted by atomic mass is 10.1. The Balaban J connectivity index is 1.73. The number of nitrogens with zero attached hydrogens (tertiary/aromatic N) is 2. The number of carbonyl (C=O) groups is 1. The quantitative estimate of drug-likeness (QED) is 0.903. The van der Waals surface area contributed by atoms with Gasteiger partial charge >= 0.3 is 0 Å². The van der Waals surface area contributed by atoms with Crippen molar-refractivity contribution in [2.45, 2.75) is 13.3 Å². The molecule has 0 aliphatic carbocycles. The molecule has 0 bridgehead atoms. The Hall–Kier alpha value is -1.92. The number of hydrogen-bond donors (Lipinski definition) is 2. The number of nitrogens with one attached hydrogen (secondary N) is 2. The first-order valence-corrected chi connectivity index (χ1v) is 8.12. The monoisotopic (exact) mass is 334 g/mol. The van der Waals surface area contributed by atoms with Gasteiger partial charge in [-0.05, 0) is 18.6 Å². The molecule has 0 fully saturated rings. The fourth-order valence-corrected chi connectivity index (χ4v) is 3.35. The summed E-state index contributed by atoms with van der Waals surface area (Å²) in [5.74, 6) is 0.135. The topological polar surface area (TPSA) is 66.4 Å². The smallest absolute Gasteiger partial charge is 0.292 e. The van der Waals surface area contributed by atoms with Crippen LogP contribution in [-0.2, 0) is 11.2 Å². The number of amidine groups is 1. The lowest BCUT2D eigenvalue weighted by Gasteiger charge is -2.02. The lowest BCUT2D eigenvalue weighted by molar-refractivity contribution is -0.110. The molecular formula is C15H15ClN4OS. The molecule has 0 saturated carbocycles. The number of aliphatic imine (C=N–C) groups is 1. The van der Waals surface area contributed by atoms with Crippen LogP contribution in [-0.4, -0.2) is 29.8 Å². The number of hydrogen-bond acceptors (Lipinski definition) is 5. The Bertz CT molecular complexity index is 741. The highest BCUT2D eigenvalue weighted by molar-refractivity contribution is 7.16. The van der Waals surface area contributed by atoms with Crippen LogP contribution in [0.1, 0.15) is 16.1 Å². The van der Waals surface area contributed by atoms with Crippen molar-refractivity contribution < 1.29 is 4.79 Å². The standard InChI is InChI=1S/C15H15ClN4OS/c1-9-12(8-10-4-2-3-5-11(10)16)22-15(19-9)20-14(21)13-17-6-7-18-13/h2-5H,6-8H2,1H3,(H,17,18)(H,19,20,21). The molecule has 1 aromatic heterocycles. The van der Waals surface area contributed by atoms with Gasteiger partial charge in [-0.2, -0.15) is 0 Å². The van der Waals surface area contributed by atoms with Gasteiger partial charge in [0.2, 0.25) is 0 Å². The predicted octanol–water partition coefficient (Wildman–Crippen LogP) is 2.64. The van der Waals surface area contributed by atoms with Crippen LogP contribution in [0.5, 0.6) is 0 Å². The van der Waals surface area contributed by atoms with Crippen LogP contribution in [0.15, 0.2) is 29.3 Å². The number of benzene rings is 1. The van der Waals surface area contributed by atoms with E-state index in [0.29, 0.717) is 30.5 Å². The first kappa shape index (κ1) is 15.0. The van der Waals surface area contributed by atoms with Gasteiger partial charge in [0.25, 0.3) is 5.91 Å². The van der Waals surface area contributed by atoms with E-state index in [1.807, 2.05) is 31.2 Å². The fraction of sp³-hybridized carbons (Fsp3) is 0.267. The van der Waals surface area contributed by atoms with Gasteiger partial charge in [-0.25, -0.2) is 4.98 Å². The van der Waals surface area contributed by atoms with E-state index in [1.54, 1.807) is 0 Å². The molecule has 0 saturated heterocycles. The maximum Gasteiger partial charge on any atom is 0.292 e. The largest absolute Gasteiger partial charge is 0.364 e. The van der Waals surface area contributed by atoms with Crippen LogP contribution in [0.3, 0.4) is 0 Å². The maximum absolute atomic E-state index is 12.0. The minimum absolute atomic E-state index is 0.240. The highest BCUT2D eigenvalue weighted by atomic mass is 35.5. The zero-order valence-electron chi connectivity index (χ0n) is 12.0. The lowest BCUT2D eigenvalue weighted by Crippen LogP contribution is -2.32. The second kappa shape index (κ2) is 6.46. The van der Waals surface area contributed by atoms with Crippen molar-refractivity contribution >= 4 is 39.8 Å². The summed E-state index contributed by atoms with van der Waals surface area (Å²) in [6.07, 6.45) is 0.707. The molecule has 1 amide bonds. The molecule has 5 nitrogen and oxygen atoms in total.